The number of nitrogens with one attached hydrogen (secondary N) is 2. The van der Waals surface area contributed by atoms with Crippen molar-refractivity contribution in [3.05, 3.63) is 59.7 Å². The average molecular weight is 366 g/mol. The Kier molecular flexibility index (Phi) is 5.17. The Bertz CT molecular complexity index is 871. The van der Waals surface area contributed by atoms with E-state index in [0.717, 1.165) is 6.26 Å². The van der Waals surface area contributed by atoms with Gasteiger partial charge in [-0.05, 0) is 42.6 Å². The second-order valence-electron chi connectivity index (χ2n) is 6.34. The van der Waals surface area contributed by atoms with E-state index >= 15 is 0 Å². The molecule has 2 aromatic rings. The molecule has 1 saturated heterocycles. The molecule has 0 amide bonds. The molecule has 2 aromatic carbocycles. The molecule has 0 bridgehead atoms. The van der Waals surface area contributed by atoms with Gasteiger partial charge in [-0.2, -0.15) is 0 Å². The first-order valence-electron chi connectivity index (χ1n) is 8.07. The molecule has 0 aromatic heterocycles. The van der Waals surface area contributed by atoms with Crippen LogP contribution in [0.4, 0.5) is 8.78 Å². The van der Waals surface area contributed by atoms with Crippen LogP contribution in [0.2, 0.25) is 0 Å². The zero-order valence-electron chi connectivity index (χ0n) is 13.8. The average Bonchev–Trinajstić information content (AvgIpc) is 2.94. The van der Waals surface area contributed by atoms with E-state index in [2.05, 4.69) is 10.0 Å². The lowest BCUT2D eigenvalue weighted by molar-refractivity contribution is 0.485. The molecule has 0 radical (unpaired) electrons. The van der Waals surface area contributed by atoms with Crippen molar-refractivity contribution in [1.29, 1.82) is 0 Å². The molecule has 1 aliphatic heterocycles. The normalized spacial score (nSPS) is 20.8. The van der Waals surface area contributed by atoms with Crippen molar-refractivity contribution in [3.8, 4) is 11.1 Å². The van der Waals surface area contributed by atoms with Crippen LogP contribution in [0.1, 0.15) is 12.0 Å². The van der Waals surface area contributed by atoms with Crippen molar-refractivity contribution in [2.75, 3.05) is 12.8 Å². The van der Waals surface area contributed by atoms with Gasteiger partial charge < -0.3 is 5.32 Å². The van der Waals surface area contributed by atoms with Crippen LogP contribution < -0.4 is 10.0 Å². The number of rotatable bonds is 5. The topological polar surface area (TPSA) is 58.2 Å². The smallest absolute Gasteiger partial charge is 0.209 e. The first-order chi connectivity index (χ1) is 11.8. The Morgan fingerprint density at radius 3 is 2.68 bits per heavy atom. The van der Waals surface area contributed by atoms with Crippen molar-refractivity contribution >= 4 is 10.0 Å². The summed E-state index contributed by atoms with van der Waals surface area (Å²) in [7, 11) is -3.32. The highest BCUT2D eigenvalue weighted by molar-refractivity contribution is 7.88. The van der Waals surface area contributed by atoms with Crippen LogP contribution in [-0.4, -0.2) is 33.3 Å². The molecule has 134 valence electrons. The van der Waals surface area contributed by atoms with E-state index in [4.69, 9.17) is 0 Å². The van der Waals surface area contributed by atoms with Crippen molar-refractivity contribution in [3.63, 3.8) is 0 Å². The van der Waals surface area contributed by atoms with E-state index in [1.165, 1.54) is 12.1 Å². The lowest BCUT2D eigenvalue weighted by Crippen LogP contribution is -2.44. The Balaban J connectivity index is 1.85. The lowest BCUT2D eigenvalue weighted by atomic mass is 9.96. The van der Waals surface area contributed by atoms with Crippen molar-refractivity contribution in [2.24, 2.45) is 0 Å². The van der Waals surface area contributed by atoms with Gasteiger partial charge in [0.25, 0.3) is 0 Å². The molecule has 4 nitrogen and oxygen atoms in total. The zero-order chi connectivity index (χ0) is 18.0. The van der Waals surface area contributed by atoms with Gasteiger partial charge in [-0.1, -0.05) is 30.3 Å². The largest absolute Gasteiger partial charge is 0.312 e. The molecule has 2 atom stereocenters. The summed E-state index contributed by atoms with van der Waals surface area (Å²) in [6, 6.07) is 10.4. The third-order valence-electron chi connectivity index (χ3n) is 4.37. The molecule has 3 rings (SSSR count). The van der Waals surface area contributed by atoms with Gasteiger partial charge in [-0.3, -0.25) is 0 Å². The minimum Gasteiger partial charge on any atom is -0.312 e. The van der Waals surface area contributed by atoms with E-state index in [1.54, 1.807) is 30.3 Å². The van der Waals surface area contributed by atoms with Crippen LogP contribution >= 0.6 is 0 Å². The van der Waals surface area contributed by atoms with E-state index in [9.17, 15) is 17.2 Å². The Morgan fingerprint density at radius 1 is 1.20 bits per heavy atom. The van der Waals surface area contributed by atoms with E-state index in [-0.39, 0.29) is 12.1 Å². The predicted octanol–water partition coefficient (Wildman–Crippen LogP) is 2.45. The minimum absolute atomic E-state index is 0.188. The minimum atomic E-state index is -3.32. The van der Waals surface area contributed by atoms with Crippen LogP contribution in [0.25, 0.3) is 11.1 Å². The van der Waals surface area contributed by atoms with Crippen molar-refractivity contribution in [1.82, 2.24) is 10.0 Å². The number of halogens is 2. The molecule has 0 unspecified atom stereocenters. The number of hydrogen-bond donors (Lipinski definition) is 2. The second-order valence-corrected chi connectivity index (χ2v) is 8.12. The fraction of sp³-hybridized carbons (Fsp3) is 0.333. The molecular formula is C18H20F2N2O2S. The van der Waals surface area contributed by atoms with E-state index < -0.39 is 21.7 Å². The summed E-state index contributed by atoms with van der Waals surface area (Å²) in [6.07, 6.45) is 2.12. The van der Waals surface area contributed by atoms with E-state index in [1.807, 2.05) is 0 Å². The van der Waals surface area contributed by atoms with Gasteiger partial charge in [-0.15, -0.1) is 0 Å². The third kappa shape index (κ3) is 4.42. The van der Waals surface area contributed by atoms with Crippen molar-refractivity contribution in [2.45, 2.75) is 24.9 Å². The first-order valence-corrected chi connectivity index (χ1v) is 9.96. The highest BCUT2D eigenvalue weighted by Crippen LogP contribution is 2.27. The van der Waals surface area contributed by atoms with Gasteiger partial charge >= 0.3 is 0 Å². The summed E-state index contributed by atoms with van der Waals surface area (Å²) in [4.78, 5) is 0. The maximum absolute atomic E-state index is 14.9. The zero-order valence-corrected chi connectivity index (χ0v) is 14.6. The second kappa shape index (κ2) is 7.19. The van der Waals surface area contributed by atoms with Crippen LogP contribution in [0.15, 0.2) is 42.5 Å². The van der Waals surface area contributed by atoms with Crippen LogP contribution in [0.5, 0.6) is 0 Å². The number of benzene rings is 2. The van der Waals surface area contributed by atoms with Gasteiger partial charge in [0.1, 0.15) is 11.6 Å². The van der Waals surface area contributed by atoms with Crippen LogP contribution in [-0.2, 0) is 16.4 Å². The molecular weight excluding hydrogens is 346 g/mol. The summed E-state index contributed by atoms with van der Waals surface area (Å²) >= 11 is 0. The first kappa shape index (κ1) is 18.0. The number of hydrogen-bond acceptors (Lipinski definition) is 3. The lowest BCUT2D eigenvalue weighted by Gasteiger charge is -2.20. The highest BCUT2D eigenvalue weighted by Gasteiger charge is 2.30. The monoisotopic (exact) mass is 366 g/mol. The Hall–Kier alpha value is -1.83. The van der Waals surface area contributed by atoms with Crippen LogP contribution in [0.3, 0.4) is 0 Å². The molecule has 7 heteroatoms. The summed E-state index contributed by atoms with van der Waals surface area (Å²) in [5, 5.41) is 3.22. The molecule has 25 heavy (non-hydrogen) atoms. The molecule has 2 N–H and O–H groups in total. The summed E-state index contributed by atoms with van der Waals surface area (Å²) in [5.74, 6) is -0.822. The van der Waals surface area contributed by atoms with Gasteiger partial charge in [0.15, 0.2) is 0 Å². The Labute approximate surface area is 146 Å². The molecule has 0 spiro atoms. The quantitative estimate of drug-likeness (QED) is 0.855. The predicted molar refractivity (Wildman–Crippen MR) is 93.7 cm³/mol. The van der Waals surface area contributed by atoms with Crippen LogP contribution in [0, 0.1) is 11.6 Å². The van der Waals surface area contributed by atoms with E-state index in [0.29, 0.717) is 36.1 Å². The highest BCUT2D eigenvalue weighted by atomic mass is 32.2. The fourth-order valence-corrected chi connectivity index (χ4v) is 4.08. The van der Waals surface area contributed by atoms with Gasteiger partial charge in [-0.25, -0.2) is 21.9 Å². The number of sulfonamides is 1. The fourth-order valence-electron chi connectivity index (χ4n) is 3.25. The molecule has 1 aliphatic rings. The maximum Gasteiger partial charge on any atom is 0.209 e. The Morgan fingerprint density at radius 2 is 1.96 bits per heavy atom. The van der Waals surface area contributed by atoms with Gasteiger partial charge in [0.05, 0.1) is 6.26 Å². The van der Waals surface area contributed by atoms with Gasteiger partial charge in [0.2, 0.25) is 10.0 Å². The summed E-state index contributed by atoms with van der Waals surface area (Å²) < 4.78 is 53.9. The summed E-state index contributed by atoms with van der Waals surface area (Å²) in [6.45, 7) is 0.670. The van der Waals surface area contributed by atoms with Gasteiger partial charge in [0, 0.05) is 17.6 Å². The molecule has 0 aliphatic carbocycles. The molecule has 1 heterocycles. The summed E-state index contributed by atoms with van der Waals surface area (Å²) in [5.41, 5.74) is 1.29. The molecule has 1 fully saturated rings. The SMILES string of the molecule is CS(=O)(=O)N[C@H]1CCN[C@H]1Cc1cccc(-c2cccc(F)c2)c1F. The molecule has 0 saturated carbocycles. The maximum atomic E-state index is 14.9. The third-order valence-corrected chi connectivity index (χ3v) is 5.10. The van der Waals surface area contributed by atoms with Crippen molar-refractivity contribution < 1.29 is 17.2 Å². The standard InChI is InChI=1S/C18H20F2N2O2S/c1-25(23,24)22-16-8-9-21-17(16)11-13-5-3-7-15(18(13)20)12-4-2-6-14(19)10-12/h2-7,10,16-17,21-22H,8-9,11H2,1H3/t16-,17-/m0/s1.